The van der Waals surface area contributed by atoms with Crippen LogP contribution in [0.5, 0.6) is 0 Å². The van der Waals surface area contributed by atoms with Gasteiger partial charge in [-0.2, -0.15) is 0 Å². The first-order valence-corrected chi connectivity index (χ1v) is 7.97. The zero-order chi connectivity index (χ0) is 14.1. The molecule has 3 rings (SSSR count). The Bertz CT molecular complexity index is 455. The van der Waals surface area contributed by atoms with Crippen LogP contribution in [0.4, 0.5) is 4.39 Å². The van der Waals surface area contributed by atoms with Crippen LogP contribution in [0, 0.1) is 11.7 Å². The summed E-state index contributed by atoms with van der Waals surface area (Å²) in [4.78, 5) is 2.44. The zero-order valence-electron chi connectivity index (χ0n) is 11.9. The monoisotopic (exact) mass is 296 g/mol. The molecule has 0 aromatic heterocycles. The third kappa shape index (κ3) is 3.00. The molecule has 2 aliphatic rings. The van der Waals surface area contributed by atoms with Crippen LogP contribution in [0.1, 0.15) is 31.7 Å². The van der Waals surface area contributed by atoms with Gasteiger partial charge in [0.05, 0.1) is 0 Å². The van der Waals surface area contributed by atoms with E-state index < -0.39 is 0 Å². The summed E-state index contributed by atoms with van der Waals surface area (Å²) in [6, 6.07) is 6.01. The Balaban J connectivity index is 1.78. The van der Waals surface area contributed by atoms with Gasteiger partial charge in [0.2, 0.25) is 0 Å². The summed E-state index contributed by atoms with van der Waals surface area (Å²) >= 11 is 6.18. The zero-order valence-corrected chi connectivity index (χ0v) is 12.7. The minimum absolute atomic E-state index is 0.182. The average Bonchev–Trinajstić information content (AvgIpc) is 3.27. The second kappa shape index (κ2) is 6.00. The van der Waals surface area contributed by atoms with Crippen molar-refractivity contribution >= 4 is 11.6 Å². The lowest BCUT2D eigenvalue weighted by molar-refractivity contribution is 0.105. The lowest BCUT2D eigenvalue weighted by atomic mass is 10.0. The molecule has 2 unspecified atom stereocenters. The van der Waals surface area contributed by atoms with Crippen LogP contribution in [-0.4, -0.2) is 30.1 Å². The summed E-state index contributed by atoms with van der Waals surface area (Å²) in [5.74, 6) is 0.601. The normalized spacial score (nSPS) is 27.8. The first-order valence-electron chi connectivity index (χ1n) is 7.59. The predicted octanol–water partition coefficient (Wildman–Crippen LogP) is 3.44. The summed E-state index contributed by atoms with van der Waals surface area (Å²) in [6.45, 7) is 4.84. The van der Waals surface area contributed by atoms with E-state index in [1.165, 1.54) is 18.9 Å². The molecule has 2 atom stereocenters. The van der Waals surface area contributed by atoms with E-state index in [0.717, 1.165) is 25.4 Å². The Morgan fingerprint density at radius 3 is 2.85 bits per heavy atom. The van der Waals surface area contributed by atoms with E-state index in [-0.39, 0.29) is 5.82 Å². The highest BCUT2D eigenvalue weighted by Gasteiger charge is 2.38. The molecule has 1 aliphatic carbocycles. The molecule has 20 heavy (non-hydrogen) atoms. The molecular weight excluding hydrogens is 275 g/mol. The number of hydrogen-bond acceptors (Lipinski definition) is 2. The number of benzene rings is 1. The molecule has 2 nitrogen and oxygen atoms in total. The summed E-state index contributed by atoms with van der Waals surface area (Å²) in [5.41, 5.74) is 0.650. The van der Waals surface area contributed by atoms with E-state index in [2.05, 4.69) is 17.1 Å². The van der Waals surface area contributed by atoms with Crippen molar-refractivity contribution in [1.82, 2.24) is 10.2 Å². The third-order valence-electron chi connectivity index (χ3n) is 4.62. The molecule has 4 heteroatoms. The second-order valence-electron chi connectivity index (χ2n) is 6.05. The molecule has 2 fully saturated rings. The highest BCUT2D eigenvalue weighted by atomic mass is 35.5. The number of halogens is 2. The van der Waals surface area contributed by atoms with Gasteiger partial charge >= 0.3 is 0 Å². The van der Waals surface area contributed by atoms with Gasteiger partial charge < -0.3 is 5.32 Å². The fourth-order valence-corrected chi connectivity index (χ4v) is 3.41. The highest BCUT2D eigenvalue weighted by molar-refractivity contribution is 6.31. The fraction of sp³-hybridized carbons (Fsp3) is 0.625. The lowest BCUT2D eigenvalue weighted by Crippen LogP contribution is -2.56. The minimum atomic E-state index is -0.182. The molecule has 1 N–H and O–H groups in total. The second-order valence-corrected chi connectivity index (χ2v) is 6.46. The molecule has 1 aliphatic heterocycles. The molecule has 0 radical (unpaired) electrons. The molecule has 0 amide bonds. The topological polar surface area (TPSA) is 15.3 Å². The van der Waals surface area contributed by atoms with Gasteiger partial charge in [0, 0.05) is 42.3 Å². The van der Waals surface area contributed by atoms with Gasteiger partial charge in [0.15, 0.2) is 0 Å². The minimum Gasteiger partial charge on any atom is -0.311 e. The van der Waals surface area contributed by atoms with Crippen molar-refractivity contribution in [2.45, 2.75) is 44.8 Å². The van der Waals surface area contributed by atoms with Gasteiger partial charge in [0.25, 0.3) is 0 Å². The molecule has 1 aromatic carbocycles. The van der Waals surface area contributed by atoms with Crippen LogP contribution in [0.15, 0.2) is 18.2 Å². The van der Waals surface area contributed by atoms with E-state index in [1.54, 1.807) is 12.1 Å². The summed E-state index contributed by atoms with van der Waals surface area (Å²) in [6.07, 6.45) is 3.73. The van der Waals surface area contributed by atoms with Gasteiger partial charge in [-0.15, -0.1) is 0 Å². The van der Waals surface area contributed by atoms with Gasteiger partial charge in [-0.25, -0.2) is 4.39 Å². The van der Waals surface area contributed by atoms with E-state index in [1.807, 2.05) is 0 Å². The Hall–Kier alpha value is -0.640. The van der Waals surface area contributed by atoms with Crippen LogP contribution in [0.3, 0.4) is 0 Å². The Kier molecular flexibility index (Phi) is 4.29. The molecule has 1 heterocycles. The van der Waals surface area contributed by atoms with Crippen LogP contribution in [-0.2, 0) is 6.54 Å². The van der Waals surface area contributed by atoms with Gasteiger partial charge in [0.1, 0.15) is 5.82 Å². The highest BCUT2D eigenvalue weighted by Crippen LogP contribution is 2.37. The van der Waals surface area contributed by atoms with Crippen LogP contribution < -0.4 is 5.32 Å². The lowest BCUT2D eigenvalue weighted by Gasteiger charge is -2.40. The predicted molar refractivity (Wildman–Crippen MR) is 80.4 cm³/mol. The Morgan fingerprint density at radius 1 is 1.40 bits per heavy atom. The third-order valence-corrected chi connectivity index (χ3v) is 4.98. The molecule has 110 valence electrons. The van der Waals surface area contributed by atoms with Crippen molar-refractivity contribution in [2.24, 2.45) is 5.92 Å². The van der Waals surface area contributed by atoms with Crippen molar-refractivity contribution in [3.05, 3.63) is 34.6 Å². The summed E-state index contributed by atoms with van der Waals surface area (Å²) < 4.78 is 14.0. The van der Waals surface area contributed by atoms with E-state index in [4.69, 9.17) is 11.6 Å². The van der Waals surface area contributed by atoms with Crippen molar-refractivity contribution in [3.63, 3.8) is 0 Å². The Morgan fingerprint density at radius 2 is 2.20 bits per heavy atom. The SMILES string of the molecule is CCC1CN(Cc2c(F)cccc2Cl)C(C2CC2)CN1. The number of nitrogens with one attached hydrogen (secondary N) is 1. The van der Waals surface area contributed by atoms with Crippen molar-refractivity contribution < 1.29 is 4.39 Å². The Labute approximate surface area is 125 Å². The molecular formula is C16H22ClFN2. The summed E-state index contributed by atoms with van der Waals surface area (Å²) in [7, 11) is 0. The van der Waals surface area contributed by atoms with Crippen LogP contribution >= 0.6 is 11.6 Å². The standard InChI is InChI=1S/C16H22ClFN2/c1-2-12-9-20(16(8-19-12)11-6-7-11)10-13-14(17)4-3-5-15(13)18/h3-5,11-12,16,19H,2,6-10H2,1H3. The number of piperazine rings is 1. The largest absolute Gasteiger partial charge is 0.311 e. The van der Waals surface area contributed by atoms with Crippen LogP contribution in [0.2, 0.25) is 5.02 Å². The van der Waals surface area contributed by atoms with Crippen molar-refractivity contribution in [3.8, 4) is 0 Å². The van der Waals surface area contributed by atoms with Crippen molar-refractivity contribution in [2.75, 3.05) is 13.1 Å². The number of hydrogen-bond donors (Lipinski definition) is 1. The molecule has 1 saturated heterocycles. The first-order chi connectivity index (χ1) is 9.69. The molecule has 1 aromatic rings. The summed E-state index contributed by atoms with van der Waals surface area (Å²) in [5, 5.41) is 4.16. The van der Waals surface area contributed by atoms with Crippen LogP contribution in [0.25, 0.3) is 0 Å². The van der Waals surface area contributed by atoms with E-state index >= 15 is 0 Å². The van der Waals surface area contributed by atoms with Gasteiger partial charge in [-0.3, -0.25) is 4.90 Å². The fourth-order valence-electron chi connectivity index (χ4n) is 3.19. The quantitative estimate of drug-likeness (QED) is 0.915. The average molecular weight is 297 g/mol. The smallest absolute Gasteiger partial charge is 0.129 e. The molecule has 0 spiro atoms. The maximum Gasteiger partial charge on any atom is 0.129 e. The maximum atomic E-state index is 14.0. The van der Waals surface area contributed by atoms with Gasteiger partial charge in [-0.05, 0) is 37.3 Å². The molecule has 1 saturated carbocycles. The number of nitrogens with zero attached hydrogens (tertiary/aromatic N) is 1. The molecule has 0 bridgehead atoms. The van der Waals surface area contributed by atoms with Gasteiger partial charge in [-0.1, -0.05) is 24.6 Å². The number of rotatable bonds is 4. The maximum absolute atomic E-state index is 14.0. The first kappa shape index (κ1) is 14.3. The van der Waals surface area contributed by atoms with Crippen molar-refractivity contribution in [1.29, 1.82) is 0 Å². The van der Waals surface area contributed by atoms with E-state index in [0.29, 0.717) is 29.2 Å². The van der Waals surface area contributed by atoms with E-state index in [9.17, 15) is 4.39 Å².